The monoisotopic (exact) mass is 221 g/mol. The van der Waals surface area contributed by atoms with E-state index >= 15 is 0 Å². The Morgan fingerprint density at radius 3 is 2.47 bits per heavy atom. The normalized spacial score (nSPS) is 13.9. The van der Waals surface area contributed by atoms with Gasteiger partial charge in [-0.05, 0) is 30.5 Å². The summed E-state index contributed by atoms with van der Waals surface area (Å²) < 4.78 is 48.8. The smallest absolute Gasteiger partial charge is 0.320 e. The number of hydrogen-bond donors (Lipinski definition) is 1. The Bertz CT molecular complexity index is 321. The van der Waals surface area contributed by atoms with Crippen LogP contribution in [0.25, 0.3) is 0 Å². The molecule has 0 amide bonds. The fraction of sp³-hybridized carbons (Fsp3) is 0.400. The molecule has 1 aromatic rings. The molecule has 5 heteroatoms. The first kappa shape index (κ1) is 12.0. The van der Waals surface area contributed by atoms with Gasteiger partial charge in [-0.1, -0.05) is 12.1 Å². The van der Waals surface area contributed by atoms with E-state index < -0.39 is 18.0 Å². The van der Waals surface area contributed by atoms with Crippen LogP contribution in [0.2, 0.25) is 0 Å². The average molecular weight is 221 g/mol. The fourth-order valence-electron chi connectivity index (χ4n) is 1.18. The van der Waals surface area contributed by atoms with Crippen LogP contribution in [-0.4, -0.2) is 12.2 Å². The molecule has 0 bridgehead atoms. The lowest BCUT2D eigenvalue weighted by Gasteiger charge is -2.15. The second kappa shape index (κ2) is 4.61. The molecule has 1 unspecified atom stereocenters. The van der Waals surface area contributed by atoms with Crippen molar-refractivity contribution in [1.82, 2.24) is 0 Å². The summed E-state index contributed by atoms with van der Waals surface area (Å²) in [6.45, 7) is 0. The standard InChI is InChI=1S/C10H11F4N/c11-8-3-1-2-7(6-8)4-5-9(15)10(12,13)14/h1-3,6,9H,4-5,15H2. The van der Waals surface area contributed by atoms with Crippen molar-refractivity contribution in [2.75, 3.05) is 0 Å². The minimum atomic E-state index is -4.38. The molecule has 1 atom stereocenters. The first-order valence-electron chi connectivity index (χ1n) is 4.46. The van der Waals surface area contributed by atoms with Crippen molar-refractivity contribution in [3.05, 3.63) is 35.6 Å². The van der Waals surface area contributed by atoms with E-state index in [1.807, 2.05) is 0 Å². The number of alkyl halides is 3. The summed E-state index contributed by atoms with van der Waals surface area (Å²) in [4.78, 5) is 0. The molecule has 0 saturated heterocycles. The third-order valence-corrected chi connectivity index (χ3v) is 2.05. The summed E-state index contributed by atoms with van der Waals surface area (Å²) in [5.74, 6) is -0.451. The molecule has 0 aliphatic rings. The van der Waals surface area contributed by atoms with Crippen LogP contribution in [0.3, 0.4) is 0 Å². The molecule has 0 heterocycles. The van der Waals surface area contributed by atoms with Crippen molar-refractivity contribution in [3.63, 3.8) is 0 Å². The Balaban J connectivity index is 2.51. The minimum absolute atomic E-state index is 0.123. The molecule has 0 fully saturated rings. The zero-order valence-electron chi connectivity index (χ0n) is 7.89. The maximum Gasteiger partial charge on any atom is 0.403 e. The maximum atomic E-state index is 12.7. The maximum absolute atomic E-state index is 12.7. The van der Waals surface area contributed by atoms with E-state index in [0.29, 0.717) is 5.56 Å². The zero-order chi connectivity index (χ0) is 11.5. The molecule has 84 valence electrons. The number of nitrogens with two attached hydrogens (primary N) is 1. The molecule has 1 rings (SSSR count). The molecule has 15 heavy (non-hydrogen) atoms. The SMILES string of the molecule is NC(CCc1cccc(F)c1)C(F)(F)F. The van der Waals surface area contributed by atoms with Crippen molar-refractivity contribution in [3.8, 4) is 0 Å². The van der Waals surface area contributed by atoms with E-state index in [1.165, 1.54) is 18.2 Å². The van der Waals surface area contributed by atoms with Gasteiger partial charge in [0.2, 0.25) is 0 Å². The van der Waals surface area contributed by atoms with Crippen LogP contribution in [0.4, 0.5) is 17.6 Å². The van der Waals surface area contributed by atoms with Gasteiger partial charge in [0.25, 0.3) is 0 Å². The lowest BCUT2D eigenvalue weighted by atomic mass is 10.1. The molecule has 0 saturated carbocycles. The van der Waals surface area contributed by atoms with Gasteiger partial charge in [0.1, 0.15) is 11.9 Å². The fourth-order valence-corrected chi connectivity index (χ4v) is 1.18. The Morgan fingerprint density at radius 1 is 1.27 bits per heavy atom. The molecule has 0 aliphatic carbocycles. The summed E-state index contributed by atoms with van der Waals surface area (Å²) in [6, 6.07) is 3.65. The third-order valence-electron chi connectivity index (χ3n) is 2.05. The van der Waals surface area contributed by atoms with E-state index in [0.717, 1.165) is 0 Å². The van der Waals surface area contributed by atoms with Crippen molar-refractivity contribution >= 4 is 0 Å². The molecule has 1 aromatic carbocycles. The van der Waals surface area contributed by atoms with Gasteiger partial charge >= 0.3 is 6.18 Å². The second-order valence-electron chi connectivity index (χ2n) is 3.32. The first-order chi connectivity index (χ1) is 6.89. The molecular formula is C10H11F4N. The Morgan fingerprint density at radius 2 is 1.93 bits per heavy atom. The van der Waals surface area contributed by atoms with E-state index in [2.05, 4.69) is 0 Å². The van der Waals surface area contributed by atoms with E-state index in [-0.39, 0.29) is 12.8 Å². The highest BCUT2D eigenvalue weighted by Crippen LogP contribution is 2.21. The Kier molecular flexibility index (Phi) is 3.68. The predicted octanol–water partition coefficient (Wildman–Crippen LogP) is 2.65. The number of hydrogen-bond acceptors (Lipinski definition) is 1. The Hall–Kier alpha value is -1.10. The summed E-state index contributed by atoms with van der Waals surface area (Å²) in [6.07, 6.45) is -4.49. The van der Waals surface area contributed by atoms with Gasteiger partial charge in [0.05, 0.1) is 0 Å². The van der Waals surface area contributed by atoms with Crippen molar-refractivity contribution in [1.29, 1.82) is 0 Å². The molecule has 0 aliphatic heterocycles. The van der Waals surface area contributed by atoms with Gasteiger partial charge in [0.15, 0.2) is 0 Å². The van der Waals surface area contributed by atoms with Gasteiger partial charge < -0.3 is 5.73 Å². The van der Waals surface area contributed by atoms with E-state index in [1.54, 1.807) is 6.07 Å². The number of rotatable bonds is 3. The molecular weight excluding hydrogens is 210 g/mol. The van der Waals surface area contributed by atoms with Gasteiger partial charge in [-0.25, -0.2) is 4.39 Å². The summed E-state index contributed by atoms with van der Waals surface area (Å²) >= 11 is 0. The molecule has 0 aromatic heterocycles. The topological polar surface area (TPSA) is 26.0 Å². The second-order valence-corrected chi connectivity index (χ2v) is 3.32. The van der Waals surface area contributed by atoms with Crippen molar-refractivity contribution in [2.45, 2.75) is 25.1 Å². The zero-order valence-corrected chi connectivity index (χ0v) is 7.89. The lowest BCUT2D eigenvalue weighted by Crippen LogP contribution is -2.37. The van der Waals surface area contributed by atoms with Crippen molar-refractivity contribution < 1.29 is 17.6 Å². The van der Waals surface area contributed by atoms with Gasteiger partial charge in [-0.2, -0.15) is 13.2 Å². The summed E-state index contributed by atoms with van der Waals surface area (Å²) in [5, 5.41) is 0. The van der Waals surface area contributed by atoms with Crippen molar-refractivity contribution in [2.24, 2.45) is 5.73 Å². The van der Waals surface area contributed by atoms with Gasteiger partial charge in [-0.3, -0.25) is 0 Å². The molecule has 2 N–H and O–H groups in total. The highest BCUT2D eigenvalue weighted by Gasteiger charge is 2.35. The predicted molar refractivity (Wildman–Crippen MR) is 48.8 cm³/mol. The molecule has 0 spiro atoms. The third kappa shape index (κ3) is 3.87. The lowest BCUT2D eigenvalue weighted by molar-refractivity contribution is -0.148. The highest BCUT2D eigenvalue weighted by atomic mass is 19.4. The largest absolute Gasteiger partial charge is 0.403 e. The first-order valence-corrected chi connectivity index (χ1v) is 4.46. The average Bonchev–Trinajstić information content (AvgIpc) is 2.12. The summed E-state index contributed by atoms with van der Waals surface area (Å²) in [5.41, 5.74) is 5.44. The van der Waals surface area contributed by atoms with Crippen LogP contribution in [0, 0.1) is 5.82 Å². The molecule has 1 nitrogen and oxygen atoms in total. The van der Waals surface area contributed by atoms with Crippen LogP contribution in [0.1, 0.15) is 12.0 Å². The van der Waals surface area contributed by atoms with Crippen LogP contribution in [-0.2, 0) is 6.42 Å². The van der Waals surface area contributed by atoms with Crippen LogP contribution >= 0.6 is 0 Å². The van der Waals surface area contributed by atoms with Gasteiger partial charge in [-0.15, -0.1) is 0 Å². The number of benzene rings is 1. The number of aryl methyl sites for hydroxylation is 1. The highest BCUT2D eigenvalue weighted by molar-refractivity contribution is 5.16. The van der Waals surface area contributed by atoms with Crippen LogP contribution < -0.4 is 5.73 Å². The number of halogens is 4. The summed E-state index contributed by atoms with van der Waals surface area (Å²) in [7, 11) is 0. The van der Waals surface area contributed by atoms with Crippen LogP contribution in [0.5, 0.6) is 0 Å². The van der Waals surface area contributed by atoms with E-state index in [9.17, 15) is 17.6 Å². The Labute approximate surface area is 84.9 Å². The molecule has 0 radical (unpaired) electrons. The van der Waals surface area contributed by atoms with Crippen LogP contribution in [0.15, 0.2) is 24.3 Å². The minimum Gasteiger partial charge on any atom is -0.320 e. The van der Waals surface area contributed by atoms with E-state index in [4.69, 9.17) is 5.73 Å². The van der Waals surface area contributed by atoms with Gasteiger partial charge in [0, 0.05) is 0 Å². The quantitative estimate of drug-likeness (QED) is 0.780.